The number of nitrogens with zero attached hydrogens (tertiary/aromatic N) is 4. The van der Waals surface area contributed by atoms with Crippen molar-refractivity contribution in [2.24, 2.45) is 0 Å². The second kappa shape index (κ2) is 3.72. The summed E-state index contributed by atoms with van der Waals surface area (Å²) in [7, 11) is 8.26. The number of hydrogen-bond donors (Lipinski definition) is 0. The maximum absolute atomic E-state index is 5.96. The van der Waals surface area contributed by atoms with Gasteiger partial charge in [-0.15, -0.1) is 0 Å². The molecule has 0 saturated carbocycles. The van der Waals surface area contributed by atoms with Gasteiger partial charge >= 0.3 is 12.0 Å². The van der Waals surface area contributed by atoms with E-state index in [1.54, 1.807) is 0 Å². The van der Waals surface area contributed by atoms with Crippen LogP contribution >= 0.6 is 0 Å². The summed E-state index contributed by atoms with van der Waals surface area (Å²) >= 11 is 0. The maximum Gasteiger partial charge on any atom is 0.456 e. The van der Waals surface area contributed by atoms with Crippen molar-refractivity contribution in [2.45, 2.75) is 0 Å². The van der Waals surface area contributed by atoms with Crippen LogP contribution in [-0.4, -0.2) is 85.4 Å². The minimum Gasteiger partial charge on any atom is -0.321 e. The molecule has 0 amide bonds. The van der Waals surface area contributed by atoms with Crippen molar-refractivity contribution in [3.8, 4) is 0 Å². The first-order valence-electron chi connectivity index (χ1n) is 5.36. The van der Waals surface area contributed by atoms with Gasteiger partial charge in [0.1, 0.15) is 26.2 Å². The van der Waals surface area contributed by atoms with E-state index in [-0.39, 0.29) is 0 Å². The van der Waals surface area contributed by atoms with Crippen LogP contribution in [0.15, 0.2) is 0 Å². The normalized spacial score (nSPS) is 22.1. The fourth-order valence-corrected chi connectivity index (χ4v) is 1.96. The Hall–Kier alpha value is -1.26. The average molecular weight is 212 g/mol. The molecule has 2 aliphatic heterocycles. The summed E-state index contributed by atoms with van der Waals surface area (Å²) in [5.74, 6) is 0. The summed E-state index contributed by atoms with van der Waals surface area (Å²) in [5, 5.41) is 0. The molecule has 0 fully saturated rings. The lowest BCUT2D eigenvalue weighted by molar-refractivity contribution is -0.505. The summed E-state index contributed by atoms with van der Waals surface area (Å²) < 4.78 is 10.2. The topological polar surface area (TPSA) is 21.7 Å². The van der Waals surface area contributed by atoms with Crippen molar-refractivity contribution in [3.63, 3.8) is 0 Å². The molecule has 2 aliphatic rings. The predicted octanol–water partition coefficient (Wildman–Crippen LogP) is -1.11. The molecule has 0 N–H and O–H groups in total. The van der Waals surface area contributed by atoms with E-state index in [9.17, 15) is 0 Å². The van der Waals surface area contributed by atoms with Crippen molar-refractivity contribution in [2.75, 3.05) is 54.4 Å². The van der Waals surface area contributed by atoms with Crippen LogP contribution in [0.25, 0.3) is 0 Å². The Morgan fingerprint density at radius 2 is 1.33 bits per heavy atom. The molecule has 0 atom stereocenters. The SMILES string of the molecule is CN1CC[N+](C)=C1OC1=[N+](C)CCN1C. The quantitative estimate of drug-likeness (QED) is 0.475. The van der Waals surface area contributed by atoms with Gasteiger partial charge in [0.2, 0.25) is 0 Å². The molecule has 5 nitrogen and oxygen atoms in total. The average Bonchev–Trinajstić information content (AvgIpc) is 2.67. The largest absolute Gasteiger partial charge is 0.456 e. The van der Waals surface area contributed by atoms with Gasteiger partial charge in [-0.25, -0.2) is 19.0 Å². The monoisotopic (exact) mass is 212 g/mol. The van der Waals surface area contributed by atoms with E-state index in [1.165, 1.54) is 0 Å². The van der Waals surface area contributed by atoms with Crippen LogP contribution in [0.4, 0.5) is 0 Å². The van der Waals surface area contributed by atoms with E-state index in [0.29, 0.717) is 0 Å². The Labute approximate surface area is 90.9 Å². The van der Waals surface area contributed by atoms with E-state index >= 15 is 0 Å². The number of likely N-dealkylation sites (N-methyl/N-ethyl adjacent to an activating group) is 4. The Bertz CT molecular complexity index is 302. The third kappa shape index (κ3) is 1.78. The molecule has 2 rings (SSSR count). The van der Waals surface area contributed by atoms with Crippen molar-refractivity contribution in [1.29, 1.82) is 0 Å². The highest BCUT2D eigenvalue weighted by atomic mass is 16.5. The van der Waals surface area contributed by atoms with Gasteiger partial charge in [-0.2, -0.15) is 0 Å². The second-order valence-electron chi connectivity index (χ2n) is 4.35. The third-order valence-electron chi connectivity index (χ3n) is 3.03. The van der Waals surface area contributed by atoms with Crippen LogP contribution in [0, 0.1) is 0 Å². The predicted molar refractivity (Wildman–Crippen MR) is 58.5 cm³/mol. The lowest BCUT2D eigenvalue weighted by Crippen LogP contribution is -2.36. The van der Waals surface area contributed by atoms with Gasteiger partial charge in [-0.05, 0) is 0 Å². The molecule has 0 unspecified atom stereocenters. The lowest BCUT2D eigenvalue weighted by Gasteiger charge is -2.09. The van der Waals surface area contributed by atoms with Gasteiger partial charge < -0.3 is 4.74 Å². The van der Waals surface area contributed by atoms with Crippen LogP contribution in [0.2, 0.25) is 0 Å². The fraction of sp³-hybridized carbons (Fsp3) is 0.800. The molecule has 0 radical (unpaired) electrons. The van der Waals surface area contributed by atoms with E-state index < -0.39 is 0 Å². The van der Waals surface area contributed by atoms with Gasteiger partial charge in [0.05, 0.1) is 28.2 Å². The zero-order valence-corrected chi connectivity index (χ0v) is 10.0. The Balaban J connectivity index is 2.15. The summed E-state index contributed by atoms with van der Waals surface area (Å²) in [6.45, 7) is 4.14. The molecule has 15 heavy (non-hydrogen) atoms. The van der Waals surface area contributed by atoms with E-state index in [4.69, 9.17) is 4.74 Å². The van der Waals surface area contributed by atoms with Crippen molar-refractivity contribution in [1.82, 2.24) is 9.80 Å². The van der Waals surface area contributed by atoms with Crippen LogP contribution < -0.4 is 0 Å². The summed E-state index contributed by atoms with van der Waals surface area (Å²) in [6.07, 6.45) is 0. The van der Waals surface area contributed by atoms with Crippen LogP contribution in [0.5, 0.6) is 0 Å². The van der Waals surface area contributed by atoms with E-state index in [0.717, 1.165) is 38.2 Å². The molecule has 0 saturated heterocycles. The maximum atomic E-state index is 5.96. The molecule has 0 aromatic rings. The summed E-state index contributed by atoms with van der Waals surface area (Å²) in [5.41, 5.74) is 0. The Kier molecular flexibility index (Phi) is 2.54. The smallest absolute Gasteiger partial charge is 0.321 e. The number of amidine groups is 2. The molecule has 2 heterocycles. The summed E-state index contributed by atoms with van der Waals surface area (Å²) in [6, 6.07) is 1.90. The zero-order chi connectivity index (χ0) is 11.0. The van der Waals surface area contributed by atoms with Gasteiger partial charge in [0.15, 0.2) is 0 Å². The van der Waals surface area contributed by atoms with Crippen LogP contribution in [0.1, 0.15) is 0 Å². The third-order valence-corrected chi connectivity index (χ3v) is 3.03. The van der Waals surface area contributed by atoms with Gasteiger partial charge in [0.25, 0.3) is 0 Å². The van der Waals surface area contributed by atoms with Crippen LogP contribution in [0.3, 0.4) is 0 Å². The van der Waals surface area contributed by atoms with Gasteiger partial charge in [-0.3, -0.25) is 0 Å². The molecule has 0 aromatic heterocycles. The molecule has 5 heteroatoms. The van der Waals surface area contributed by atoms with Crippen molar-refractivity contribution >= 4 is 12.0 Å². The molecule has 0 bridgehead atoms. The van der Waals surface area contributed by atoms with Gasteiger partial charge in [0, 0.05) is 0 Å². The first-order chi connectivity index (χ1) is 7.09. The highest BCUT2D eigenvalue weighted by Gasteiger charge is 2.35. The van der Waals surface area contributed by atoms with E-state index in [2.05, 4.69) is 47.1 Å². The van der Waals surface area contributed by atoms with Gasteiger partial charge in [-0.1, -0.05) is 0 Å². The second-order valence-corrected chi connectivity index (χ2v) is 4.35. The number of rotatable bonds is 0. The molecule has 84 valence electrons. The molecule has 0 aromatic carbocycles. The minimum atomic E-state index is 0.950. The first kappa shape index (κ1) is 10.3. The Morgan fingerprint density at radius 3 is 1.60 bits per heavy atom. The molecular formula is C10H20N4O+2. The number of ether oxygens (including phenoxy) is 1. The van der Waals surface area contributed by atoms with Crippen molar-refractivity contribution in [3.05, 3.63) is 0 Å². The lowest BCUT2D eigenvalue weighted by atomic mass is 10.6. The fourth-order valence-electron chi connectivity index (χ4n) is 1.96. The molecule has 0 spiro atoms. The molecular weight excluding hydrogens is 192 g/mol. The zero-order valence-electron chi connectivity index (χ0n) is 10.0. The highest BCUT2D eigenvalue weighted by Crippen LogP contribution is 2.04. The van der Waals surface area contributed by atoms with Crippen molar-refractivity contribution < 1.29 is 13.9 Å². The first-order valence-corrected chi connectivity index (χ1v) is 5.36. The van der Waals surface area contributed by atoms with Crippen LogP contribution in [-0.2, 0) is 4.74 Å². The summed E-state index contributed by atoms with van der Waals surface area (Å²) in [4.78, 5) is 4.29. The number of hydrogen-bond acceptors (Lipinski definition) is 3. The minimum absolute atomic E-state index is 0.950. The molecule has 0 aliphatic carbocycles. The standard InChI is InChI=1S/C10H20N4O/c1-11-5-6-12(2)9(11)15-10-13(3)7-8-14(10)4/h5-8H2,1-4H3/q+2. The highest BCUT2D eigenvalue weighted by molar-refractivity contribution is 5.85. The van der Waals surface area contributed by atoms with E-state index in [1.807, 2.05) is 0 Å². The Morgan fingerprint density at radius 1 is 0.933 bits per heavy atom.